The van der Waals surface area contributed by atoms with Gasteiger partial charge in [-0.3, -0.25) is 4.90 Å². The van der Waals surface area contributed by atoms with E-state index >= 15 is 0 Å². The van der Waals surface area contributed by atoms with Crippen LogP contribution in [0, 0.1) is 6.92 Å². The summed E-state index contributed by atoms with van der Waals surface area (Å²) in [7, 11) is 2.12. The van der Waals surface area contributed by atoms with Crippen LogP contribution in [0.1, 0.15) is 6.92 Å². The molecule has 0 aliphatic carbocycles. The lowest BCUT2D eigenvalue weighted by Gasteiger charge is -2.40. The van der Waals surface area contributed by atoms with Crippen molar-refractivity contribution < 1.29 is 9.90 Å². The monoisotopic (exact) mass is 368 g/mol. The van der Waals surface area contributed by atoms with E-state index in [1.165, 1.54) is 4.90 Å². The molecule has 1 aliphatic rings. The first-order valence-electron chi connectivity index (χ1n) is 7.98. The second-order valence-electron chi connectivity index (χ2n) is 6.48. The van der Waals surface area contributed by atoms with Crippen molar-refractivity contribution in [1.29, 1.82) is 0 Å². The van der Waals surface area contributed by atoms with Gasteiger partial charge in [0.25, 0.3) is 0 Å². The van der Waals surface area contributed by atoms with Gasteiger partial charge < -0.3 is 14.9 Å². The van der Waals surface area contributed by atoms with E-state index < -0.39 is 11.6 Å². The zero-order valence-corrected chi connectivity index (χ0v) is 16.0. The van der Waals surface area contributed by atoms with Crippen LogP contribution in [-0.2, 0) is 0 Å². The van der Waals surface area contributed by atoms with Gasteiger partial charge in [-0.15, -0.1) is 0 Å². The number of rotatable bonds is 5. The summed E-state index contributed by atoms with van der Waals surface area (Å²) in [6.45, 7) is 9.84. The standard InChI is InChI=1S/C17H26N3O2S2/c1-17(2,15(24)12-23)20(16(21)22)14-6-4-13(5-7-14)19-10-8-18(3)9-11-19/h4-7,15,23-24H,1,8-12H2,2-3H3,(H,21,22). The molecular formula is C17H26N3O2S2. The predicted octanol–water partition coefficient (Wildman–Crippen LogP) is 2.74. The Kier molecular flexibility index (Phi) is 6.33. The number of hydrogen-bond acceptors (Lipinski definition) is 5. The summed E-state index contributed by atoms with van der Waals surface area (Å²) in [4.78, 5) is 17.7. The summed E-state index contributed by atoms with van der Waals surface area (Å²) in [5.74, 6) is 0.437. The predicted molar refractivity (Wildman–Crippen MR) is 107 cm³/mol. The Balaban J connectivity index is 2.22. The van der Waals surface area contributed by atoms with Crippen molar-refractivity contribution in [1.82, 2.24) is 4.90 Å². The molecule has 1 aliphatic heterocycles. The molecule has 24 heavy (non-hydrogen) atoms. The van der Waals surface area contributed by atoms with E-state index in [-0.39, 0.29) is 5.25 Å². The fourth-order valence-corrected chi connectivity index (χ4v) is 3.36. The van der Waals surface area contributed by atoms with E-state index in [9.17, 15) is 9.90 Å². The number of likely N-dealkylation sites (N-methyl/N-ethyl adjacent to an activating group) is 1. The van der Waals surface area contributed by atoms with Gasteiger partial charge in [0, 0.05) is 48.6 Å². The van der Waals surface area contributed by atoms with Crippen LogP contribution in [0.3, 0.4) is 0 Å². The van der Waals surface area contributed by atoms with Gasteiger partial charge in [-0.1, -0.05) is 0 Å². The topological polar surface area (TPSA) is 47.0 Å². The smallest absolute Gasteiger partial charge is 0.412 e. The van der Waals surface area contributed by atoms with Crippen molar-refractivity contribution in [3.63, 3.8) is 0 Å². The molecule has 1 saturated heterocycles. The molecule has 2 rings (SSSR count). The SMILES string of the molecule is [CH2]C(C)(C(S)CS)N(C(=O)O)c1ccc(N2CCN(C)CC2)cc1. The highest BCUT2D eigenvalue weighted by molar-refractivity contribution is 7.84. The van der Waals surface area contributed by atoms with E-state index in [1.807, 2.05) is 24.3 Å². The first kappa shape index (κ1) is 19.3. The molecule has 1 heterocycles. The molecule has 1 amide bonds. The number of carbonyl (C=O) groups is 1. The Hall–Kier alpha value is -1.05. The number of piperazine rings is 1. The van der Waals surface area contributed by atoms with Crippen molar-refractivity contribution in [2.75, 3.05) is 48.8 Å². The first-order chi connectivity index (χ1) is 11.3. The second kappa shape index (κ2) is 7.89. The van der Waals surface area contributed by atoms with E-state index in [0.717, 1.165) is 31.9 Å². The number of hydrogen-bond donors (Lipinski definition) is 3. The highest BCUT2D eigenvalue weighted by atomic mass is 32.1. The first-order valence-corrected chi connectivity index (χ1v) is 9.13. The van der Waals surface area contributed by atoms with Crippen LogP contribution < -0.4 is 9.80 Å². The summed E-state index contributed by atoms with van der Waals surface area (Å²) >= 11 is 8.68. The number of carboxylic acid groups (broad SMARTS) is 1. The molecule has 1 radical (unpaired) electrons. The van der Waals surface area contributed by atoms with Crippen LogP contribution in [0.2, 0.25) is 0 Å². The second-order valence-corrected chi connectivity index (χ2v) is 7.47. The minimum absolute atomic E-state index is 0.283. The van der Waals surface area contributed by atoms with E-state index in [4.69, 9.17) is 0 Å². The lowest BCUT2D eigenvalue weighted by molar-refractivity contribution is 0.196. The number of thiol groups is 2. The molecule has 5 nitrogen and oxygen atoms in total. The molecule has 1 fully saturated rings. The van der Waals surface area contributed by atoms with Crippen molar-refractivity contribution in [3.05, 3.63) is 31.2 Å². The van der Waals surface area contributed by atoms with Crippen LogP contribution >= 0.6 is 25.3 Å². The Bertz CT molecular complexity index is 557. The summed E-state index contributed by atoms with van der Waals surface area (Å²) < 4.78 is 0. The van der Waals surface area contributed by atoms with Gasteiger partial charge >= 0.3 is 6.09 Å². The molecular weight excluding hydrogens is 342 g/mol. The van der Waals surface area contributed by atoms with E-state index in [2.05, 4.69) is 49.0 Å². The number of amides is 1. The summed E-state index contributed by atoms with van der Waals surface area (Å²) in [5.41, 5.74) is 0.796. The van der Waals surface area contributed by atoms with Gasteiger partial charge in [0.05, 0.1) is 5.54 Å². The number of benzene rings is 1. The molecule has 2 unspecified atom stereocenters. The zero-order valence-electron chi connectivity index (χ0n) is 14.2. The fourth-order valence-electron chi connectivity index (χ4n) is 2.85. The molecule has 0 saturated carbocycles. The quantitative estimate of drug-likeness (QED) is 0.700. The maximum absolute atomic E-state index is 11.8. The summed E-state index contributed by atoms with van der Waals surface area (Å²) in [5, 5.41) is 9.38. The normalized spacial score (nSPS) is 17.6. The number of nitrogens with zero attached hydrogens (tertiary/aromatic N) is 3. The fraction of sp³-hybridized carbons (Fsp3) is 0.529. The Morgan fingerprint density at radius 3 is 2.33 bits per heavy atom. The Labute approximate surface area is 155 Å². The lowest BCUT2D eigenvalue weighted by Crippen LogP contribution is -2.54. The van der Waals surface area contributed by atoms with E-state index in [1.54, 1.807) is 6.92 Å². The van der Waals surface area contributed by atoms with Crippen LogP contribution in [0.15, 0.2) is 24.3 Å². The van der Waals surface area contributed by atoms with Crippen molar-refractivity contribution >= 4 is 42.7 Å². The van der Waals surface area contributed by atoms with Crippen LogP contribution in [-0.4, -0.2) is 65.9 Å². The van der Waals surface area contributed by atoms with Crippen LogP contribution in [0.5, 0.6) is 0 Å². The lowest BCUT2D eigenvalue weighted by atomic mass is 9.97. The van der Waals surface area contributed by atoms with Crippen molar-refractivity contribution in [3.8, 4) is 0 Å². The van der Waals surface area contributed by atoms with Gasteiger partial charge in [0.2, 0.25) is 0 Å². The average molecular weight is 369 g/mol. The molecule has 1 aromatic carbocycles. The molecule has 0 spiro atoms. The molecule has 7 heteroatoms. The van der Waals surface area contributed by atoms with Gasteiger partial charge in [-0.25, -0.2) is 4.79 Å². The third-order valence-corrected chi connectivity index (χ3v) is 5.96. The molecule has 133 valence electrons. The number of anilines is 2. The van der Waals surface area contributed by atoms with Crippen LogP contribution in [0.25, 0.3) is 0 Å². The summed E-state index contributed by atoms with van der Waals surface area (Å²) in [6, 6.07) is 7.62. The van der Waals surface area contributed by atoms with Gasteiger partial charge in [0.15, 0.2) is 0 Å². The maximum Gasteiger partial charge on any atom is 0.412 e. The molecule has 0 aromatic heterocycles. The zero-order chi connectivity index (χ0) is 17.9. The minimum atomic E-state index is -1.04. The highest BCUT2D eigenvalue weighted by Crippen LogP contribution is 2.31. The average Bonchev–Trinajstić information content (AvgIpc) is 2.55. The molecule has 1 aromatic rings. The van der Waals surface area contributed by atoms with E-state index in [0.29, 0.717) is 11.4 Å². The molecule has 1 N–H and O–H groups in total. The van der Waals surface area contributed by atoms with Crippen molar-refractivity contribution in [2.45, 2.75) is 17.7 Å². The maximum atomic E-state index is 11.8. The Morgan fingerprint density at radius 2 is 1.88 bits per heavy atom. The minimum Gasteiger partial charge on any atom is -0.465 e. The third kappa shape index (κ3) is 4.13. The largest absolute Gasteiger partial charge is 0.465 e. The summed E-state index contributed by atoms with van der Waals surface area (Å²) in [6.07, 6.45) is -1.04. The van der Waals surface area contributed by atoms with Gasteiger partial charge in [-0.05, 0) is 45.2 Å². The van der Waals surface area contributed by atoms with Gasteiger partial charge in [-0.2, -0.15) is 25.3 Å². The Morgan fingerprint density at radius 1 is 1.33 bits per heavy atom. The molecule has 2 atom stereocenters. The molecule has 0 bridgehead atoms. The van der Waals surface area contributed by atoms with Gasteiger partial charge in [0.1, 0.15) is 0 Å². The van der Waals surface area contributed by atoms with Crippen LogP contribution in [0.4, 0.5) is 16.2 Å². The highest BCUT2D eigenvalue weighted by Gasteiger charge is 2.37. The van der Waals surface area contributed by atoms with Crippen molar-refractivity contribution in [2.24, 2.45) is 0 Å². The third-order valence-electron chi connectivity index (χ3n) is 4.57.